The molecule has 3 aliphatic rings. The van der Waals surface area contributed by atoms with Crippen LogP contribution < -0.4 is 16.0 Å². The van der Waals surface area contributed by atoms with Crippen LogP contribution in [0.15, 0.2) is 28.5 Å². The number of piperidine rings is 1. The largest absolute Gasteiger partial charge is 0.334 e. The van der Waals surface area contributed by atoms with Gasteiger partial charge in [0.1, 0.15) is 18.8 Å². The Morgan fingerprint density at radius 3 is 2.68 bits per heavy atom. The van der Waals surface area contributed by atoms with Gasteiger partial charge in [0.15, 0.2) is 0 Å². The van der Waals surface area contributed by atoms with Crippen molar-refractivity contribution in [3.8, 4) is 0 Å². The molecule has 0 spiro atoms. The Hall–Kier alpha value is -1.50. The molecule has 3 N–H and O–H groups in total. The molecule has 2 atom stereocenters. The Morgan fingerprint density at radius 1 is 1.40 bits per heavy atom. The van der Waals surface area contributed by atoms with E-state index in [2.05, 4.69) is 54.9 Å². The van der Waals surface area contributed by atoms with Crippen LogP contribution in [0.4, 0.5) is 0 Å². The van der Waals surface area contributed by atoms with Gasteiger partial charge < -0.3 is 10.6 Å². The molecule has 0 aliphatic carbocycles. The molecule has 3 rings (SSSR count). The molecular formula is C19H32N5O+. The summed E-state index contributed by atoms with van der Waals surface area (Å²) in [6.07, 6.45) is 8.93. The number of amides is 1. The number of allylic oxidation sites excluding steroid dienone is 1. The molecule has 25 heavy (non-hydrogen) atoms. The lowest BCUT2D eigenvalue weighted by atomic mass is 9.90. The molecular weight excluding hydrogens is 314 g/mol. The highest BCUT2D eigenvalue weighted by atomic mass is 16.2. The minimum atomic E-state index is -0.362. The number of carbonyl (C=O) groups is 1. The summed E-state index contributed by atoms with van der Waals surface area (Å²) in [5.74, 6) is 0.0429. The number of hydrogen-bond donors (Lipinski definition) is 3. The second kappa shape index (κ2) is 7.02. The Morgan fingerprint density at radius 2 is 2.12 bits per heavy atom. The smallest absolute Gasteiger partial charge is 0.254 e. The van der Waals surface area contributed by atoms with Crippen molar-refractivity contribution in [3.05, 3.63) is 23.4 Å². The van der Waals surface area contributed by atoms with Crippen molar-refractivity contribution < 1.29 is 9.39 Å². The monoisotopic (exact) mass is 346 g/mol. The Kier molecular flexibility index (Phi) is 5.14. The van der Waals surface area contributed by atoms with E-state index in [1.807, 2.05) is 12.3 Å². The van der Waals surface area contributed by atoms with Crippen molar-refractivity contribution >= 4 is 12.1 Å². The Balaban J connectivity index is 1.75. The summed E-state index contributed by atoms with van der Waals surface area (Å²) in [5, 5.41) is 14.9. The molecule has 138 valence electrons. The molecule has 6 heteroatoms. The Labute approximate surface area is 151 Å². The van der Waals surface area contributed by atoms with Gasteiger partial charge in [0.05, 0.1) is 17.5 Å². The van der Waals surface area contributed by atoms with Crippen molar-refractivity contribution in [1.82, 2.24) is 16.0 Å². The van der Waals surface area contributed by atoms with Gasteiger partial charge in [0.25, 0.3) is 5.91 Å². The molecule has 0 saturated carbocycles. The first kappa shape index (κ1) is 18.3. The van der Waals surface area contributed by atoms with Crippen LogP contribution >= 0.6 is 0 Å². The maximum absolute atomic E-state index is 12.9. The lowest BCUT2D eigenvalue weighted by Crippen LogP contribution is -2.63. The zero-order valence-electron chi connectivity index (χ0n) is 15.9. The third-order valence-corrected chi connectivity index (χ3v) is 5.68. The van der Waals surface area contributed by atoms with E-state index in [0.717, 1.165) is 37.9 Å². The predicted octanol–water partition coefficient (Wildman–Crippen LogP) is 1.62. The molecule has 0 bridgehead atoms. The molecule has 0 aromatic heterocycles. The first-order chi connectivity index (χ1) is 11.8. The van der Waals surface area contributed by atoms with Crippen molar-refractivity contribution in [2.45, 2.75) is 64.7 Å². The van der Waals surface area contributed by atoms with E-state index in [1.54, 1.807) is 0 Å². The van der Waals surface area contributed by atoms with Gasteiger partial charge >= 0.3 is 0 Å². The Bertz CT molecular complexity index is 603. The van der Waals surface area contributed by atoms with E-state index >= 15 is 0 Å². The molecule has 1 saturated heterocycles. The normalized spacial score (nSPS) is 33.4. The van der Waals surface area contributed by atoms with Crippen LogP contribution in [0.1, 0.15) is 47.0 Å². The van der Waals surface area contributed by atoms with Gasteiger partial charge in [-0.1, -0.05) is 10.7 Å². The number of rotatable bonds is 5. The zero-order valence-corrected chi connectivity index (χ0v) is 15.9. The number of carbonyl (C=O) groups excluding carboxylic acids is 1. The number of quaternary nitrogens is 1. The van der Waals surface area contributed by atoms with E-state index in [4.69, 9.17) is 0 Å². The highest BCUT2D eigenvalue weighted by Crippen LogP contribution is 2.29. The van der Waals surface area contributed by atoms with Crippen LogP contribution in [0.3, 0.4) is 0 Å². The van der Waals surface area contributed by atoms with Crippen molar-refractivity contribution in [3.63, 3.8) is 0 Å². The van der Waals surface area contributed by atoms with Gasteiger partial charge in [-0.15, -0.1) is 0 Å². The first-order valence-electron chi connectivity index (χ1n) is 9.44. The summed E-state index contributed by atoms with van der Waals surface area (Å²) in [5.41, 5.74) is 1.68. The summed E-state index contributed by atoms with van der Waals surface area (Å²) in [6.45, 7) is 11.2. The average molecular weight is 346 g/mol. The van der Waals surface area contributed by atoms with Crippen LogP contribution in [-0.4, -0.2) is 54.1 Å². The van der Waals surface area contributed by atoms with E-state index in [9.17, 15) is 4.79 Å². The number of hydrogen-bond acceptors (Lipinski definition) is 4. The first-order valence-corrected chi connectivity index (χ1v) is 9.44. The minimum absolute atomic E-state index is 0.0429. The van der Waals surface area contributed by atoms with Gasteiger partial charge in [-0.3, -0.25) is 10.1 Å². The standard InChI is InChI=1S/C19H31N5O/c1-14(2)24(11-5-8-21-24)13-17-15(3)12-19(4,23-18(17)25)22-16-6-9-20-10-7-16/h5,8,11,14,16,20,22H,6-7,9-10,12-13H2,1-4H3/p+1. The van der Waals surface area contributed by atoms with Gasteiger partial charge in [-0.25, -0.2) is 0 Å². The third kappa shape index (κ3) is 3.86. The maximum Gasteiger partial charge on any atom is 0.254 e. The average Bonchev–Trinajstić information content (AvgIpc) is 3.02. The number of nitrogens with one attached hydrogen (secondary N) is 3. The summed E-state index contributed by atoms with van der Waals surface area (Å²) in [4.78, 5) is 12.9. The van der Waals surface area contributed by atoms with Crippen LogP contribution in [0.2, 0.25) is 0 Å². The van der Waals surface area contributed by atoms with E-state index in [-0.39, 0.29) is 11.6 Å². The zero-order chi connectivity index (χ0) is 18.1. The highest BCUT2D eigenvalue weighted by Gasteiger charge is 2.41. The van der Waals surface area contributed by atoms with Crippen LogP contribution in [-0.2, 0) is 4.79 Å². The summed E-state index contributed by atoms with van der Waals surface area (Å²) >= 11 is 0. The molecule has 0 aromatic rings. The quantitative estimate of drug-likeness (QED) is 0.663. The lowest BCUT2D eigenvalue weighted by molar-refractivity contribution is -0.899. The summed E-state index contributed by atoms with van der Waals surface area (Å²) < 4.78 is 0.471. The maximum atomic E-state index is 12.9. The molecule has 3 heterocycles. The highest BCUT2D eigenvalue weighted by molar-refractivity contribution is 5.96. The number of nitrogens with zero attached hydrogens (tertiary/aromatic N) is 2. The third-order valence-electron chi connectivity index (χ3n) is 5.68. The molecule has 6 nitrogen and oxygen atoms in total. The van der Waals surface area contributed by atoms with E-state index in [1.165, 1.54) is 5.57 Å². The molecule has 1 fully saturated rings. The van der Waals surface area contributed by atoms with Crippen LogP contribution in [0.5, 0.6) is 0 Å². The van der Waals surface area contributed by atoms with Crippen LogP contribution in [0.25, 0.3) is 0 Å². The van der Waals surface area contributed by atoms with Gasteiger partial charge in [-0.05, 0) is 53.6 Å². The fourth-order valence-corrected chi connectivity index (χ4v) is 4.14. The second-order valence-corrected chi connectivity index (χ2v) is 8.14. The van der Waals surface area contributed by atoms with E-state index in [0.29, 0.717) is 23.2 Å². The molecule has 0 radical (unpaired) electrons. The van der Waals surface area contributed by atoms with E-state index < -0.39 is 0 Å². The fourth-order valence-electron chi connectivity index (χ4n) is 4.14. The van der Waals surface area contributed by atoms with Crippen LogP contribution in [0, 0.1) is 0 Å². The predicted molar refractivity (Wildman–Crippen MR) is 101 cm³/mol. The molecule has 2 unspecified atom stereocenters. The SMILES string of the molecule is CC1=C(C[N+]2(C(C)C)C=CC=N2)C(=O)NC(C)(NC2CCNCC2)C1. The van der Waals surface area contributed by atoms with Crippen molar-refractivity contribution in [2.75, 3.05) is 19.6 Å². The molecule has 3 aliphatic heterocycles. The second-order valence-electron chi connectivity index (χ2n) is 8.14. The van der Waals surface area contributed by atoms with Crippen molar-refractivity contribution in [2.24, 2.45) is 5.10 Å². The summed E-state index contributed by atoms with van der Waals surface area (Å²) in [6, 6.07) is 0.755. The molecule has 1 amide bonds. The van der Waals surface area contributed by atoms with Gasteiger partial charge in [0, 0.05) is 18.5 Å². The summed E-state index contributed by atoms with van der Waals surface area (Å²) in [7, 11) is 0. The van der Waals surface area contributed by atoms with Gasteiger partial charge in [0.2, 0.25) is 0 Å². The lowest BCUT2D eigenvalue weighted by Gasteiger charge is -2.42. The fraction of sp³-hybridized carbons (Fsp3) is 0.684. The van der Waals surface area contributed by atoms with Crippen molar-refractivity contribution in [1.29, 1.82) is 0 Å². The topological polar surface area (TPSA) is 65.5 Å². The van der Waals surface area contributed by atoms with Gasteiger partial charge in [-0.2, -0.15) is 4.59 Å². The minimum Gasteiger partial charge on any atom is -0.334 e. The molecule has 0 aromatic carbocycles.